The molecule has 0 bridgehead atoms. The molecular weight excluding hydrogens is 448 g/mol. The van der Waals surface area contributed by atoms with Gasteiger partial charge in [0.2, 0.25) is 15.9 Å². The molecule has 0 aromatic carbocycles. The number of sulfonamides is 1. The second-order valence-electron chi connectivity index (χ2n) is 7.03. The number of H-pyrrole nitrogens is 1. The summed E-state index contributed by atoms with van der Waals surface area (Å²) >= 11 is 7.35. The molecule has 4 heterocycles. The number of ether oxygens (including phenoxy) is 1. The molecule has 8 nitrogen and oxygen atoms in total. The van der Waals surface area contributed by atoms with Crippen LogP contribution in [0.5, 0.6) is 5.75 Å². The van der Waals surface area contributed by atoms with Crippen molar-refractivity contribution in [3.63, 3.8) is 0 Å². The predicted octanol–water partition coefficient (Wildman–Crippen LogP) is 2.50. The van der Waals surface area contributed by atoms with Gasteiger partial charge >= 0.3 is 0 Å². The number of hydrogen-bond donors (Lipinski definition) is 1. The van der Waals surface area contributed by atoms with E-state index < -0.39 is 10.0 Å². The van der Waals surface area contributed by atoms with Crippen LogP contribution in [0.3, 0.4) is 0 Å². The third kappa shape index (κ3) is 4.46. The first-order valence-corrected chi connectivity index (χ1v) is 12.2. The Morgan fingerprint density at radius 3 is 2.87 bits per heavy atom. The molecule has 0 unspecified atom stereocenters. The molecule has 11 heteroatoms. The number of nitrogens with one attached hydrogen (secondary N) is 1. The summed E-state index contributed by atoms with van der Waals surface area (Å²) in [5.74, 6) is 0.267. The number of methoxy groups -OCH3 is 1. The Kier molecular flexibility index (Phi) is 6.01. The van der Waals surface area contributed by atoms with Crippen LogP contribution in [-0.4, -0.2) is 66.0 Å². The minimum atomic E-state index is -3.55. The van der Waals surface area contributed by atoms with E-state index in [1.54, 1.807) is 23.4 Å². The first kappa shape index (κ1) is 21.1. The van der Waals surface area contributed by atoms with Gasteiger partial charge in [0.25, 0.3) is 0 Å². The summed E-state index contributed by atoms with van der Waals surface area (Å²) in [5, 5.41) is 0.978. The number of nitrogens with zero attached hydrogens (tertiary/aromatic N) is 3. The number of rotatable bonds is 7. The second-order valence-corrected chi connectivity index (χ2v) is 10.9. The highest BCUT2D eigenvalue weighted by Gasteiger charge is 2.31. The highest BCUT2D eigenvalue weighted by atomic mass is 35.5. The van der Waals surface area contributed by atoms with Crippen molar-refractivity contribution in [1.29, 1.82) is 0 Å². The lowest BCUT2D eigenvalue weighted by atomic mass is 10.3. The fourth-order valence-corrected chi connectivity index (χ4v) is 6.24. The number of aryl methyl sites for hydroxylation is 1. The Morgan fingerprint density at radius 1 is 1.33 bits per heavy atom. The molecule has 1 aliphatic heterocycles. The van der Waals surface area contributed by atoms with E-state index in [9.17, 15) is 13.2 Å². The Bertz CT molecular complexity index is 1140. The molecule has 3 aromatic rings. The van der Waals surface area contributed by atoms with Gasteiger partial charge in [-0.05, 0) is 24.6 Å². The zero-order valence-corrected chi connectivity index (χ0v) is 18.7. The van der Waals surface area contributed by atoms with Crippen molar-refractivity contribution in [2.24, 2.45) is 0 Å². The lowest BCUT2D eigenvalue weighted by molar-refractivity contribution is -0.134. The van der Waals surface area contributed by atoms with Crippen molar-refractivity contribution in [2.75, 3.05) is 32.5 Å². The molecule has 1 amide bonds. The van der Waals surface area contributed by atoms with Crippen LogP contribution in [0.2, 0.25) is 4.34 Å². The number of fused-ring (bicyclic) bond motifs is 1. The van der Waals surface area contributed by atoms with Gasteiger partial charge in [-0.25, -0.2) is 8.42 Å². The van der Waals surface area contributed by atoms with Gasteiger partial charge in [-0.2, -0.15) is 4.31 Å². The van der Waals surface area contributed by atoms with Crippen LogP contribution >= 0.6 is 22.9 Å². The highest BCUT2D eigenvalue weighted by molar-refractivity contribution is 7.89. The first-order valence-electron chi connectivity index (χ1n) is 9.35. The fraction of sp³-hybridized carbons (Fsp3) is 0.368. The number of thiophene rings is 1. The monoisotopic (exact) mass is 468 g/mol. The molecule has 1 saturated heterocycles. The highest BCUT2D eigenvalue weighted by Crippen LogP contribution is 2.34. The quantitative estimate of drug-likeness (QED) is 0.574. The topological polar surface area (TPSA) is 95.6 Å². The maximum atomic E-state index is 12.7. The van der Waals surface area contributed by atoms with E-state index in [4.69, 9.17) is 16.3 Å². The molecule has 4 rings (SSSR count). The van der Waals surface area contributed by atoms with E-state index >= 15 is 0 Å². The van der Waals surface area contributed by atoms with E-state index in [0.717, 1.165) is 21.5 Å². The lowest BCUT2D eigenvalue weighted by Crippen LogP contribution is -2.52. The van der Waals surface area contributed by atoms with E-state index in [1.807, 2.05) is 12.1 Å². The average molecular weight is 469 g/mol. The minimum absolute atomic E-state index is 0.0741. The van der Waals surface area contributed by atoms with Crippen LogP contribution < -0.4 is 4.74 Å². The molecule has 3 aromatic heterocycles. The normalized spacial score (nSPS) is 15.8. The third-order valence-corrected chi connectivity index (χ3v) is 8.25. The summed E-state index contributed by atoms with van der Waals surface area (Å²) in [7, 11) is -2.03. The largest absolute Gasteiger partial charge is 0.494 e. The van der Waals surface area contributed by atoms with Crippen LogP contribution in [0, 0.1) is 0 Å². The van der Waals surface area contributed by atoms with Gasteiger partial charge in [0.15, 0.2) is 0 Å². The fourth-order valence-electron chi connectivity index (χ4n) is 3.43. The molecule has 0 radical (unpaired) electrons. The zero-order chi connectivity index (χ0) is 21.3. The maximum absolute atomic E-state index is 12.7. The number of amides is 1. The SMILES string of the molecule is COc1cc(CCS(=O)(=O)N2CCN(Cc3cc4cnccc4[nH]3)C(=O)C2)sc1Cl. The summed E-state index contributed by atoms with van der Waals surface area (Å²) < 4.78 is 32.4. The molecule has 160 valence electrons. The third-order valence-electron chi connectivity index (χ3n) is 5.05. The summed E-state index contributed by atoms with van der Waals surface area (Å²) in [5.41, 5.74) is 1.85. The molecule has 1 N–H and O–H groups in total. The maximum Gasteiger partial charge on any atom is 0.238 e. The second kappa shape index (κ2) is 8.54. The summed E-state index contributed by atoms with van der Waals surface area (Å²) in [6.45, 7) is 0.905. The van der Waals surface area contributed by atoms with Gasteiger partial charge < -0.3 is 14.6 Å². The standard InChI is InChI=1S/C19H21ClN4O4S2/c1-28-17-9-15(29-19(17)20)3-7-30(26,27)24-6-5-23(18(25)12-24)11-14-8-13-10-21-4-2-16(13)22-14/h2,4,8-10,22H,3,5-7,11-12H2,1H3. The zero-order valence-electron chi connectivity index (χ0n) is 16.3. The molecule has 30 heavy (non-hydrogen) atoms. The summed E-state index contributed by atoms with van der Waals surface area (Å²) in [4.78, 5) is 22.5. The number of carbonyl (C=O) groups is 1. The van der Waals surface area contributed by atoms with Gasteiger partial charge in [0.05, 0.1) is 26.0 Å². The van der Waals surface area contributed by atoms with Gasteiger partial charge in [-0.3, -0.25) is 9.78 Å². The van der Waals surface area contributed by atoms with E-state index in [1.165, 1.54) is 22.8 Å². The minimum Gasteiger partial charge on any atom is -0.494 e. The summed E-state index contributed by atoms with van der Waals surface area (Å²) in [6, 6.07) is 5.59. The Morgan fingerprint density at radius 2 is 2.17 bits per heavy atom. The molecule has 0 atom stereocenters. The molecule has 0 spiro atoms. The summed E-state index contributed by atoms with van der Waals surface area (Å²) in [6.07, 6.45) is 3.79. The van der Waals surface area contributed by atoms with Crippen molar-refractivity contribution in [1.82, 2.24) is 19.2 Å². The van der Waals surface area contributed by atoms with Crippen LogP contribution in [-0.2, 0) is 27.8 Å². The molecule has 0 saturated carbocycles. The van der Waals surface area contributed by atoms with E-state index in [-0.39, 0.29) is 24.7 Å². The van der Waals surface area contributed by atoms with Crippen molar-refractivity contribution >= 4 is 49.8 Å². The molecular formula is C19H21ClN4O4S2. The van der Waals surface area contributed by atoms with Crippen LogP contribution in [0.25, 0.3) is 10.9 Å². The molecule has 1 aliphatic rings. The van der Waals surface area contributed by atoms with Crippen LogP contribution in [0.15, 0.2) is 30.6 Å². The van der Waals surface area contributed by atoms with Crippen molar-refractivity contribution in [3.8, 4) is 5.75 Å². The van der Waals surface area contributed by atoms with Crippen LogP contribution in [0.4, 0.5) is 0 Å². The number of aromatic nitrogens is 2. The van der Waals surface area contributed by atoms with E-state index in [0.29, 0.717) is 29.6 Å². The van der Waals surface area contributed by atoms with Gasteiger partial charge in [0, 0.05) is 47.0 Å². The number of aromatic amines is 1. The van der Waals surface area contributed by atoms with E-state index in [2.05, 4.69) is 9.97 Å². The lowest BCUT2D eigenvalue weighted by Gasteiger charge is -2.33. The Balaban J connectivity index is 1.36. The van der Waals surface area contributed by atoms with Gasteiger partial charge in [0.1, 0.15) is 10.1 Å². The van der Waals surface area contributed by atoms with Crippen molar-refractivity contribution < 1.29 is 17.9 Å². The Labute approximate surface area is 183 Å². The number of halogens is 1. The molecule has 0 aliphatic carbocycles. The number of piperazine rings is 1. The smallest absolute Gasteiger partial charge is 0.238 e. The number of pyridine rings is 1. The average Bonchev–Trinajstić information content (AvgIpc) is 3.30. The van der Waals surface area contributed by atoms with Crippen molar-refractivity contribution in [3.05, 3.63) is 45.5 Å². The number of hydrogen-bond acceptors (Lipinski definition) is 6. The van der Waals surface area contributed by atoms with Crippen molar-refractivity contribution in [2.45, 2.75) is 13.0 Å². The van der Waals surface area contributed by atoms with Gasteiger partial charge in [-0.15, -0.1) is 11.3 Å². The number of carbonyl (C=O) groups excluding carboxylic acids is 1. The predicted molar refractivity (Wildman–Crippen MR) is 116 cm³/mol. The van der Waals surface area contributed by atoms with Gasteiger partial charge in [-0.1, -0.05) is 11.6 Å². The Hall–Kier alpha value is -2.14. The molecule has 1 fully saturated rings. The first-order chi connectivity index (χ1) is 14.4. The van der Waals surface area contributed by atoms with Crippen LogP contribution in [0.1, 0.15) is 10.6 Å².